The minimum atomic E-state index is -0.886. The van der Waals surface area contributed by atoms with Crippen molar-refractivity contribution < 1.29 is 14.3 Å². The summed E-state index contributed by atoms with van der Waals surface area (Å²) in [6, 6.07) is 9.59. The fourth-order valence-corrected chi connectivity index (χ4v) is 1.92. The molecule has 0 bridgehead atoms. The van der Waals surface area contributed by atoms with Crippen LogP contribution >= 0.6 is 0 Å². The van der Waals surface area contributed by atoms with E-state index in [0.29, 0.717) is 6.54 Å². The van der Waals surface area contributed by atoms with Crippen LogP contribution in [0.5, 0.6) is 0 Å². The van der Waals surface area contributed by atoms with Crippen molar-refractivity contribution in [2.75, 3.05) is 7.05 Å². The molecule has 0 fully saturated rings. The molecule has 6 nitrogen and oxygen atoms in total. The molecule has 2 rings (SSSR count). The number of ether oxygens (including phenoxy) is 1. The normalized spacial score (nSPS) is 11.5. The number of amides is 1. The summed E-state index contributed by atoms with van der Waals surface area (Å²) in [7, 11) is 1.67. The molecule has 0 radical (unpaired) electrons. The first-order chi connectivity index (χ1) is 10.6. The van der Waals surface area contributed by atoms with E-state index >= 15 is 0 Å². The average molecular weight is 299 g/mol. The second kappa shape index (κ2) is 7.31. The first-order valence-electron chi connectivity index (χ1n) is 6.84. The lowest BCUT2D eigenvalue weighted by atomic mass is 10.2. The molecule has 2 aromatic rings. The summed E-state index contributed by atoms with van der Waals surface area (Å²) in [6.45, 7) is 1.99. The summed E-state index contributed by atoms with van der Waals surface area (Å²) >= 11 is 0. The number of nitrogens with zero attached hydrogens (tertiary/aromatic N) is 3. The fourth-order valence-electron chi connectivity index (χ4n) is 1.92. The largest absolute Gasteiger partial charge is 0.448 e. The van der Waals surface area contributed by atoms with E-state index in [9.17, 15) is 9.59 Å². The van der Waals surface area contributed by atoms with Gasteiger partial charge in [-0.3, -0.25) is 9.78 Å². The van der Waals surface area contributed by atoms with Gasteiger partial charge in [-0.05, 0) is 12.5 Å². The van der Waals surface area contributed by atoms with Crippen LogP contribution in [-0.4, -0.2) is 39.9 Å². The molecule has 0 aliphatic carbocycles. The highest BCUT2D eigenvalue weighted by Crippen LogP contribution is 2.07. The predicted molar refractivity (Wildman–Crippen MR) is 79.8 cm³/mol. The van der Waals surface area contributed by atoms with Crippen LogP contribution in [0.15, 0.2) is 48.9 Å². The van der Waals surface area contributed by atoms with Crippen LogP contribution < -0.4 is 0 Å². The van der Waals surface area contributed by atoms with Gasteiger partial charge in [-0.1, -0.05) is 30.3 Å². The summed E-state index contributed by atoms with van der Waals surface area (Å²) in [5.41, 5.74) is 1.08. The molecule has 0 saturated heterocycles. The monoisotopic (exact) mass is 299 g/mol. The number of esters is 1. The van der Waals surface area contributed by atoms with E-state index in [1.807, 2.05) is 30.3 Å². The van der Waals surface area contributed by atoms with Gasteiger partial charge < -0.3 is 9.64 Å². The maximum Gasteiger partial charge on any atom is 0.359 e. The molecular weight excluding hydrogens is 282 g/mol. The van der Waals surface area contributed by atoms with Crippen molar-refractivity contribution in [2.24, 2.45) is 0 Å². The number of aromatic nitrogens is 2. The van der Waals surface area contributed by atoms with Gasteiger partial charge >= 0.3 is 5.97 Å². The van der Waals surface area contributed by atoms with E-state index in [4.69, 9.17) is 4.74 Å². The molecule has 0 N–H and O–H groups in total. The Bertz CT molecular complexity index is 632. The highest BCUT2D eigenvalue weighted by atomic mass is 16.5. The number of likely N-dealkylation sites (N-methyl/N-ethyl adjacent to an activating group) is 1. The van der Waals surface area contributed by atoms with E-state index in [-0.39, 0.29) is 11.6 Å². The SMILES string of the molecule is C[C@H](OC(=O)c1cnccn1)C(=O)N(C)Cc1ccccc1. The molecule has 1 aromatic carbocycles. The topological polar surface area (TPSA) is 72.4 Å². The smallest absolute Gasteiger partial charge is 0.359 e. The Balaban J connectivity index is 1.93. The zero-order valence-corrected chi connectivity index (χ0v) is 12.5. The third kappa shape index (κ3) is 4.12. The van der Waals surface area contributed by atoms with Gasteiger partial charge in [0, 0.05) is 26.0 Å². The quantitative estimate of drug-likeness (QED) is 0.785. The molecule has 1 aromatic heterocycles. The fraction of sp³-hybridized carbons (Fsp3) is 0.250. The van der Waals surface area contributed by atoms with Gasteiger partial charge in [-0.2, -0.15) is 0 Å². The lowest BCUT2D eigenvalue weighted by Gasteiger charge is -2.21. The minimum Gasteiger partial charge on any atom is -0.448 e. The van der Waals surface area contributed by atoms with Crippen LogP contribution in [-0.2, 0) is 16.1 Å². The van der Waals surface area contributed by atoms with Crippen molar-refractivity contribution in [3.63, 3.8) is 0 Å². The molecule has 0 saturated carbocycles. The summed E-state index contributed by atoms with van der Waals surface area (Å²) < 4.78 is 5.12. The zero-order valence-electron chi connectivity index (χ0n) is 12.5. The first-order valence-corrected chi connectivity index (χ1v) is 6.84. The van der Waals surface area contributed by atoms with Crippen LogP contribution in [0.3, 0.4) is 0 Å². The Morgan fingerprint density at radius 2 is 1.95 bits per heavy atom. The van der Waals surface area contributed by atoms with Gasteiger partial charge in [0.25, 0.3) is 5.91 Å². The molecule has 1 atom stereocenters. The Morgan fingerprint density at radius 3 is 2.59 bits per heavy atom. The van der Waals surface area contributed by atoms with Gasteiger partial charge in [0.05, 0.1) is 6.20 Å². The molecule has 6 heteroatoms. The van der Waals surface area contributed by atoms with Crippen molar-refractivity contribution >= 4 is 11.9 Å². The van der Waals surface area contributed by atoms with Crippen LogP contribution in [0.2, 0.25) is 0 Å². The highest BCUT2D eigenvalue weighted by molar-refractivity contribution is 5.90. The van der Waals surface area contributed by atoms with Crippen molar-refractivity contribution in [2.45, 2.75) is 19.6 Å². The first kappa shape index (κ1) is 15.6. The number of hydrogen-bond acceptors (Lipinski definition) is 5. The number of carbonyl (C=O) groups excluding carboxylic acids is 2. The van der Waals surface area contributed by atoms with Crippen molar-refractivity contribution in [3.05, 3.63) is 60.2 Å². The molecule has 0 unspecified atom stereocenters. The standard InChI is InChI=1S/C16H17N3O3/c1-12(22-16(21)14-10-17-8-9-18-14)15(20)19(2)11-13-6-4-3-5-7-13/h3-10,12H,11H2,1-2H3/t12-/m0/s1. The Hall–Kier alpha value is -2.76. The molecule has 114 valence electrons. The van der Waals surface area contributed by atoms with Gasteiger partial charge in [0.2, 0.25) is 0 Å². The Kier molecular flexibility index (Phi) is 5.19. The molecule has 22 heavy (non-hydrogen) atoms. The predicted octanol–water partition coefficient (Wildman–Crippen LogP) is 1.68. The maximum absolute atomic E-state index is 12.2. The van der Waals surface area contributed by atoms with Crippen molar-refractivity contribution in [1.82, 2.24) is 14.9 Å². The van der Waals surface area contributed by atoms with E-state index in [1.54, 1.807) is 7.05 Å². The van der Waals surface area contributed by atoms with Crippen LogP contribution in [0, 0.1) is 0 Å². The number of hydrogen-bond donors (Lipinski definition) is 0. The minimum absolute atomic E-state index is 0.0767. The van der Waals surface area contributed by atoms with E-state index in [2.05, 4.69) is 9.97 Å². The van der Waals surface area contributed by atoms with Crippen LogP contribution in [0.1, 0.15) is 23.0 Å². The summed E-state index contributed by atoms with van der Waals surface area (Å²) in [4.78, 5) is 33.2. The second-order valence-electron chi connectivity index (χ2n) is 4.82. The summed E-state index contributed by atoms with van der Waals surface area (Å²) in [5.74, 6) is -0.942. The molecular formula is C16H17N3O3. The lowest BCUT2D eigenvalue weighted by molar-refractivity contribution is -0.139. The summed E-state index contributed by atoms with van der Waals surface area (Å²) in [6.07, 6.45) is 3.26. The lowest BCUT2D eigenvalue weighted by Crippen LogP contribution is -2.37. The van der Waals surface area contributed by atoms with Gasteiger partial charge in [0.15, 0.2) is 11.8 Å². The molecule has 0 aliphatic rings. The third-order valence-electron chi connectivity index (χ3n) is 3.04. The Morgan fingerprint density at radius 1 is 1.23 bits per heavy atom. The number of rotatable bonds is 5. The third-order valence-corrected chi connectivity index (χ3v) is 3.04. The van der Waals surface area contributed by atoms with Gasteiger partial charge in [-0.25, -0.2) is 9.78 Å². The molecule has 1 amide bonds. The van der Waals surface area contributed by atoms with Crippen molar-refractivity contribution in [3.8, 4) is 0 Å². The number of benzene rings is 1. The maximum atomic E-state index is 12.2. The molecule has 1 heterocycles. The zero-order chi connectivity index (χ0) is 15.9. The van der Waals surface area contributed by atoms with Crippen molar-refractivity contribution in [1.29, 1.82) is 0 Å². The molecule has 0 aliphatic heterocycles. The van der Waals surface area contributed by atoms with E-state index in [1.165, 1.54) is 30.4 Å². The van der Waals surface area contributed by atoms with Crippen LogP contribution in [0.25, 0.3) is 0 Å². The average Bonchev–Trinajstić information content (AvgIpc) is 2.55. The Labute approximate surface area is 128 Å². The highest BCUT2D eigenvalue weighted by Gasteiger charge is 2.22. The van der Waals surface area contributed by atoms with Gasteiger partial charge in [-0.15, -0.1) is 0 Å². The summed E-state index contributed by atoms with van der Waals surface area (Å²) in [5, 5.41) is 0. The van der Waals surface area contributed by atoms with E-state index < -0.39 is 12.1 Å². The molecule has 0 spiro atoms. The second-order valence-corrected chi connectivity index (χ2v) is 4.82. The number of carbonyl (C=O) groups is 2. The van der Waals surface area contributed by atoms with Crippen LogP contribution in [0.4, 0.5) is 0 Å². The van der Waals surface area contributed by atoms with Gasteiger partial charge in [0.1, 0.15) is 0 Å². The van der Waals surface area contributed by atoms with E-state index in [0.717, 1.165) is 5.56 Å².